The molecule has 0 aromatic heterocycles. The number of nitrogen functional groups attached to an aromatic ring is 1. The minimum atomic E-state index is 0.00885. The Bertz CT molecular complexity index is 443. The molecule has 1 aromatic carbocycles. The molecular weight excluding hydrogens is 296 g/mol. The third-order valence-corrected chi connectivity index (χ3v) is 3.80. The quantitative estimate of drug-likeness (QED) is 0.852. The fourth-order valence-corrected chi connectivity index (χ4v) is 2.57. The standard InChI is InChI=1S/C13H17BrN2O2/c1-18-10-4-6-16(7-5-10)13(17)11-3-2-9(14)8-12(11)15/h2-3,8,10H,4-7,15H2,1H3. The van der Waals surface area contributed by atoms with E-state index < -0.39 is 0 Å². The van der Waals surface area contributed by atoms with Gasteiger partial charge in [0.15, 0.2) is 0 Å². The average molecular weight is 313 g/mol. The summed E-state index contributed by atoms with van der Waals surface area (Å²) in [5.41, 5.74) is 6.97. The van der Waals surface area contributed by atoms with E-state index in [-0.39, 0.29) is 12.0 Å². The van der Waals surface area contributed by atoms with Crippen molar-refractivity contribution in [2.24, 2.45) is 0 Å². The van der Waals surface area contributed by atoms with Crippen LogP contribution >= 0.6 is 15.9 Å². The highest BCUT2D eigenvalue weighted by Crippen LogP contribution is 2.22. The monoisotopic (exact) mass is 312 g/mol. The van der Waals surface area contributed by atoms with Crippen LogP contribution in [0.2, 0.25) is 0 Å². The van der Waals surface area contributed by atoms with E-state index in [9.17, 15) is 4.79 Å². The summed E-state index contributed by atoms with van der Waals surface area (Å²) in [5, 5.41) is 0. The number of methoxy groups -OCH3 is 1. The van der Waals surface area contributed by atoms with Gasteiger partial charge < -0.3 is 15.4 Å². The van der Waals surface area contributed by atoms with Crippen LogP contribution in [0.1, 0.15) is 23.2 Å². The highest BCUT2D eigenvalue weighted by Gasteiger charge is 2.24. The maximum Gasteiger partial charge on any atom is 0.255 e. The summed E-state index contributed by atoms with van der Waals surface area (Å²) in [4.78, 5) is 14.2. The highest BCUT2D eigenvalue weighted by molar-refractivity contribution is 9.10. The number of amides is 1. The SMILES string of the molecule is COC1CCN(C(=O)c2ccc(Br)cc2N)CC1. The van der Waals surface area contributed by atoms with Crippen molar-refractivity contribution in [3.63, 3.8) is 0 Å². The number of nitrogens with two attached hydrogens (primary N) is 1. The molecule has 1 aliphatic heterocycles. The second-order valence-corrected chi connectivity index (χ2v) is 5.37. The second kappa shape index (κ2) is 5.71. The van der Waals surface area contributed by atoms with Crippen molar-refractivity contribution >= 4 is 27.5 Å². The second-order valence-electron chi connectivity index (χ2n) is 4.46. The van der Waals surface area contributed by atoms with Gasteiger partial charge >= 0.3 is 0 Å². The lowest BCUT2D eigenvalue weighted by molar-refractivity contribution is 0.0351. The third kappa shape index (κ3) is 2.84. The van der Waals surface area contributed by atoms with Crippen molar-refractivity contribution in [2.75, 3.05) is 25.9 Å². The van der Waals surface area contributed by atoms with Crippen LogP contribution in [0.5, 0.6) is 0 Å². The zero-order valence-corrected chi connectivity index (χ0v) is 11.9. The Morgan fingerprint density at radius 1 is 1.44 bits per heavy atom. The summed E-state index contributed by atoms with van der Waals surface area (Å²) >= 11 is 3.34. The first kappa shape index (κ1) is 13.4. The summed E-state index contributed by atoms with van der Waals surface area (Å²) < 4.78 is 6.18. The van der Waals surface area contributed by atoms with Gasteiger partial charge in [0, 0.05) is 30.4 Å². The van der Waals surface area contributed by atoms with Gasteiger partial charge in [-0.3, -0.25) is 4.79 Å². The van der Waals surface area contributed by atoms with E-state index in [1.54, 1.807) is 19.2 Å². The van der Waals surface area contributed by atoms with E-state index in [0.717, 1.165) is 30.4 Å². The van der Waals surface area contributed by atoms with E-state index in [0.29, 0.717) is 11.3 Å². The molecule has 2 N–H and O–H groups in total. The molecular formula is C13H17BrN2O2. The van der Waals surface area contributed by atoms with Crippen molar-refractivity contribution < 1.29 is 9.53 Å². The molecule has 0 radical (unpaired) electrons. The van der Waals surface area contributed by atoms with Gasteiger partial charge in [0.1, 0.15) is 0 Å². The minimum Gasteiger partial charge on any atom is -0.398 e. The Balaban J connectivity index is 2.08. The molecule has 0 aliphatic carbocycles. The van der Waals surface area contributed by atoms with Crippen LogP contribution in [0.3, 0.4) is 0 Å². The first-order valence-electron chi connectivity index (χ1n) is 5.99. The Morgan fingerprint density at radius 3 is 2.67 bits per heavy atom. The van der Waals surface area contributed by atoms with Gasteiger partial charge in [0.05, 0.1) is 11.7 Å². The number of anilines is 1. The number of halogens is 1. The van der Waals surface area contributed by atoms with E-state index in [1.807, 2.05) is 11.0 Å². The van der Waals surface area contributed by atoms with E-state index in [1.165, 1.54) is 0 Å². The maximum atomic E-state index is 12.3. The Labute approximate surface area is 115 Å². The summed E-state index contributed by atoms with van der Waals surface area (Å²) in [6, 6.07) is 5.37. The Morgan fingerprint density at radius 2 is 2.11 bits per heavy atom. The van der Waals surface area contributed by atoms with Crippen LogP contribution in [0.25, 0.3) is 0 Å². The first-order valence-corrected chi connectivity index (χ1v) is 6.78. The Kier molecular flexibility index (Phi) is 4.24. The van der Waals surface area contributed by atoms with E-state index in [4.69, 9.17) is 10.5 Å². The molecule has 0 saturated carbocycles. The number of ether oxygens (including phenoxy) is 1. The predicted molar refractivity (Wildman–Crippen MR) is 74.5 cm³/mol. The van der Waals surface area contributed by atoms with E-state index >= 15 is 0 Å². The van der Waals surface area contributed by atoms with Crippen molar-refractivity contribution in [1.29, 1.82) is 0 Å². The van der Waals surface area contributed by atoms with Gasteiger partial charge in [-0.05, 0) is 31.0 Å². The number of piperidine rings is 1. The largest absolute Gasteiger partial charge is 0.398 e. The van der Waals surface area contributed by atoms with Crippen LogP contribution < -0.4 is 5.73 Å². The summed E-state index contributed by atoms with van der Waals surface area (Å²) in [6.07, 6.45) is 2.05. The number of rotatable bonds is 2. The molecule has 0 unspecified atom stereocenters. The smallest absolute Gasteiger partial charge is 0.255 e. The van der Waals surface area contributed by atoms with Crippen molar-refractivity contribution in [1.82, 2.24) is 4.90 Å². The van der Waals surface area contributed by atoms with Gasteiger partial charge in [-0.2, -0.15) is 0 Å². The molecule has 4 nitrogen and oxygen atoms in total. The average Bonchev–Trinajstić information content (AvgIpc) is 2.38. The summed E-state index contributed by atoms with van der Waals surface area (Å²) in [7, 11) is 1.72. The third-order valence-electron chi connectivity index (χ3n) is 3.31. The number of carbonyl (C=O) groups excluding carboxylic acids is 1. The lowest BCUT2D eigenvalue weighted by Crippen LogP contribution is -2.40. The van der Waals surface area contributed by atoms with Crippen LogP contribution in [0.4, 0.5) is 5.69 Å². The molecule has 1 saturated heterocycles. The number of carbonyl (C=O) groups is 1. The molecule has 18 heavy (non-hydrogen) atoms. The van der Waals surface area contributed by atoms with Crippen molar-refractivity contribution in [3.05, 3.63) is 28.2 Å². The molecule has 5 heteroatoms. The number of nitrogens with zero attached hydrogens (tertiary/aromatic N) is 1. The van der Waals surface area contributed by atoms with Gasteiger partial charge in [-0.15, -0.1) is 0 Å². The number of hydrogen-bond acceptors (Lipinski definition) is 3. The zero-order chi connectivity index (χ0) is 13.1. The van der Waals surface area contributed by atoms with Crippen LogP contribution in [-0.2, 0) is 4.74 Å². The lowest BCUT2D eigenvalue weighted by Gasteiger charge is -2.31. The van der Waals surface area contributed by atoms with Gasteiger partial charge in [-0.1, -0.05) is 15.9 Å². The minimum absolute atomic E-state index is 0.00885. The normalized spacial score (nSPS) is 16.9. The summed E-state index contributed by atoms with van der Waals surface area (Å²) in [6.45, 7) is 1.46. The number of hydrogen-bond donors (Lipinski definition) is 1. The summed E-state index contributed by atoms with van der Waals surface area (Å²) in [5.74, 6) is 0.00885. The molecule has 1 amide bonds. The molecule has 1 aliphatic rings. The molecule has 0 spiro atoms. The van der Waals surface area contributed by atoms with Gasteiger partial charge in [0.2, 0.25) is 0 Å². The topological polar surface area (TPSA) is 55.6 Å². The maximum absolute atomic E-state index is 12.3. The van der Waals surface area contributed by atoms with Crippen molar-refractivity contribution in [2.45, 2.75) is 18.9 Å². The van der Waals surface area contributed by atoms with Gasteiger partial charge in [-0.25, -0.2) is 0 Å². The fourth-order valence-electron chi connectivity index (χ4n) is 2.19. The molecule has 0 atom stereocenters. The molecule has 1 aromatic rings. The Hall–Kier alpha value is -1.07. The van der Waals surface area contributed by atoms with Gasteiger partial charge in [0.25, 0.3) is 5.91 Å². The highest BCUT2D eigenvalue weighted by atomic mass is 79.9. The van der Waals surface area contributed by atoms with Crippen LogP contribution in [-0.4, -0.2) is 37.1 Å². The molecule has 1 fully saturated rings. The van der Waals surface area contributed by atoms with Crippen LogP contribution in [0.15, 0.2) is 22.7 Å². The van der Waals surface area contributed by atoms with Crippen molar-refractivity contribution in [3.8, 4) is 0 Å². The number of benzene rings is 1. The van der Waals surface area contributed by atoms with E-state index in [2.05, 4.69) is 15.9 Å². The number of likely N-dealkylation sites (tertiary alicyclic amines) is 1. The molecule has 98 valence electrons. The fraction of sp³-hybridized carbons (Fsp3) is 0.462. The lowest BCUT2D eigenvalue weighted by atomic mass is 10.1. The molecule has 2 rings (SSSR count). The first-order chi connectivity index (χ1) is 8.61. The molecule has 0 bridgehead atoms. The predicted octanol–water partition coefficient (Wildman–Crippen LogP) is 2.28. The van der Waals surface area contributed by atoms with Crippen LogP contribution in [0, 0.1) is 0 Å². The zero-order valence-electron chi connectivity index (χ0n) is 10.4. The molecule has 1 heterocycles.